The lowest BCUT2D eigenvalue weighted by atomic mass is 9.94. The van der Waals surface area contributed by atoms with Crippen molar-refractivity contribution < 1.29 is 0 Å². The normalized spacial score (nSPS) is 37.2. The van der Waals surface area contributed by atoms with Crippen LogP contribution in [0.4, 0.5) is 0 Å². The fourth-order valence-electron chi connectivity index (χ4n) is 2.10. The zero-order valence-electron chi connectivity index (χ0n) is 6.85. The Hall–Kier alpha value is -0.0800. The minimum atomic E-state index is 0.535. The molecular weight excluding hydrogens is 124 g/mol. The van der Waals surface area contributed by atoms with Crippen molar-refractivity contribution in [3.63, 3.8) is 0 Å². The molecule has 0 amide bonds. The van der Waals surface area contributed by atoms with E-state index in [4.69, 9.17) is 0 Å². The first-order valence-corrected chi connectivity index (χ1v) is 4.18. The van der Waals surface area contributed by atoms with Crippen LogP contribution in [-0.2, 0) is 0 Å². The fourth-order valence-corrected chi connectivity index (χ4v) is 2.10. The van der Waals surface area contributed by atoms with Crippen molar-refractivity contribution in [1.82, 2.24) is 10.2 Å². The van der Waals surface area contributed by atoms with Crippen molar-refractivity contribution in [2.45, 2.75) is 30.8 Å². The Balaban J connectivity index is 1.98. The smallest absolute Gasteiger partial charge is 0.0336 e. The van der Waals surface area contributed by atoms with E-state index in [-0.39, 0.29) is 0 Å². The fraction of sp³-hybridized carbons (Fsp3) is 1.00. The van der Waals surface area contributed by atoms with Crippen molar-refractivity contribution in [2.24, 2.45) is 0 Å². The predicted octanol–water partition coefficient (Wildman–Crippen LogP) is 0.442. The van der Waals surface area contributed by atoms with Crippen LogP contribution in [0.2, 0.25) is 0 Å². The second-order valence-corrected chi connectivity index (χ2v) is 3.69. The van der Waals surface area contributed by atoms with Gasteiger partial charge in [0.05, 0.1) is 0 Å². The van der Waals surface area contributed by atoms with Gasteiger partial charge in [-0.2, -0.15) is 0 Å². The molecule has 1 saturated carbocycles. The van der Waals surface area contributed by atoms with Gasteiger partial charge in [0.25, 0.3) is 0 Å². The Morgan fingerprint density at radius 2 is 2.20 bits per heavy atom. The molecule has 2 heteroatoms. The third-order valence-corrected chi connectivity index (χ3v) is 3.21. The average Bonchev–Trinajstić information content (AvgIpc) is 2.67. The Labute approximate surface area is 62.6 Å². The zero-order chi connectivity index (χ0) is 7.19. The van der Waals surface area contributed by atoms with Gasteiger partial charge in [-0.3, -0.25) is 0 Å². The summed E-state index contributed by atoms with van der Waals surface area (Å²) in [5.74, 6) is 0. The standard InChI is InChI=1S/C8H16N2/c1-9-8(4-5-8)7-3-6-10(7)2/h7,9H,3-6H2,1-2H3. The topological polar surface area (TPSA) is 15.3 Å². The van der Waals surface area contributed by atoms with Gasteiger partial charge in [-0.05, 0) is 39.9 Å². The lowest BCUT2D eigenvalue weighted by Gasteiger charge is -2.43. The van der Waals surface area contributed by atoms with E-state index in [0.29, 0.717) is 5.54 Å². The molecule has 58 valence electrons. The van der Waals surface area contributed by atoms with Crippen molar-refractivity contribution in [3.8, 4) is 0 Å². The molecule has 1 aliphatic carbocycles. The molecule has 1 saturated heterocycles. The Morgan fingerprint density at radius 1 is 1.50 bits per heavy atom. The molecular formula is C8H16N2. The van der Waals surface area contributed by atoms with Gasteiger partial charge in [-0.25, -0.2) is 0 Å². The molecule has 2 fully saturated rings. The van der Waals surface area contributed by atoms with Crippen LogP contribution in [0.1, 0.15) is 19.3 Å². The predicted molar refractivity (Wildman–Crippen MR) is 42.1 cm³/mol. The van der Waals surface area contributed by atoms with Gasteiger partial charge in [-0.15, -0.1) is 0 Å². The zero-order valence-corrected chi connectivity index (χ0v) is 6.85. The van der Waals surface area contributed by atoms with Crippen LogP contribution in [0, 0.1) is 0 Å². The minimum absolute atomic E-state index is 0.535. The first-order valence-electron chi connectivity index (χ1n) is 4.18. The molecule has 10 heavy (non-hydrogen) atoms. The number of hydrogen-bond donors (Lipinski definition) is 1. The molecule has 2 nitrogen and oxygen atoms in total. The van der Waals surface area contributed by atoms with Crippen molar-refractivity contribution in [3.05, 3.63) is 0 Å². The van der Waals surface area contributed by atoms with Gasteiger partial charge in [0.2, 0.25) is 0 Å². The first kappa shape index (κ1) is 6.62. The van der Waals surface area contributed by atoms with E-state index in [1.807, 2.05) is 0 Å². The van der Waals surface area contributed by atoms with E-state index < -0.39 is 0 Å². The highest BCUT2D eigenvalue weighted by Crippen LogP contribution is 2.44. The maximum atomic E-state index is 3.44. The molecule has 0 bridgehead atoms. The molecule has 1 aliphatic heterocycles. The van der Waals surface area contributed by atoms with Crippen molar-refractivity contribution in [1.29, 1.82) is 0 Å². The maximum absolute atomic E-state index is 3.44. The number of likely N-dealkylation sites (N-methyl/N-ethyl adjacent to an activating group) is 2. The first-order chi connectivity index (χ1) is 4.78. The van der Waals surface area contributed by atoms with Gasteiger partial charge in [0.15, 0.2) is 0 Å². The molecule has 0 radical (unpaired) electrons. The second kappa shape index (κ2) is 1.95. The number of nitrogens with one attached hydrogen (secondary N) is 1. The summed E-state index contributed by atoms with van der Waals surface area (Å²) in [5.41, 5.74) is 0.535. The van der Waals surface area contributed by atoms with Crippen molar-refractivity contribution in [2.75, 3.05) is 20.6 Å². The van der Waals surface area contributed by atoms with Crippen molar-refractivity contribution >= 4 is 0 Å². The lowest BCUT2D eigenvalue weighted by Crippen LogP contribution is -2.57. The number of likely N-dealkylation sites (tertiary alicyclic amines) is 1. The van der Waals surface area contributed by atoms with E-state index in [1.54, 1.807) is 0 Å². The molecule has 2 aliphatic rings. The maximum Gasteiger partial charge on any atom is 0.0336 e. The summed E-state index contributed by atoms with van der Waals surface area (Å²) in [6.45, 7) is 1.30. The van der Waals surface area contributed by atoms with Crippen LogP contribution < -0.4 is 5.32 Å². The number of rotatable bonds is 2. The van der Waals surface area contributed by atoms with Crippen LogP contribution in [0.3, 0.4) is 0 Å². The highest BCUT2D eigenvalue weighted by atomic mass is 15.2. The summed E-state index contributed by atoms with van der Waals surface area (Å²) in [6.07, 6.45) is 4.17. The van der Waals surface area contributed by atoms with E-state index in [0.717, 1.165) is 6.04 Å². The van der Waals surface area contributed by atoms with Gasteiger partial charge in [0, 0.05) is 11.6 Å². The Kier molecular flexibility index (Phi) is 1.29. The Morgan fingerprint density at radius 3 is 2.30 bits per heavy atom. The van der Waals surface area contributed by atoms with Gasteiger partial charge >= 0.3 is 0 Å². The van der Waals surface area contributed by atoms with E-state index in [9.17, 15) is 0 Å². The molecule has 0 aromatic carbocycles. The molecule has 0 spiro atoms. The summed E-state index contributed by atoms with van der Waals surface area (Å²) in [5, 5.41) is 3.44. The number of hydrogen-bond acceptors (Lipinski definition) is 2. The quantitative estimate of drug-likeness (QED) is 0.599. The van der Waals surface area contributed by atoms with E-state index >= 15 is 0 Å². The molecule has 1 unspecified atom stereocenters. The summed E-state index contributed by atoms with van der Waals surface area (Å²) in [4.78, 5) is 2.46. The molecule has 0 aromatic rings. The van der Waals surface area contributed by atoms with Crippen LogP contribution in [0.15, 0.2) is 0 Å². The van der Waals surface area contributed by atoms with Crippen LogP contribution in [0.5, 0.6) is 0 Å². The van der Waals surface area contributed by atoms with Crippen LogP contribution in [0.25, 0.3) is 0 Å². The average molecular weight is 140 g/mol. The third kappa shape index (κ3) is 0.722. The van der Waals surface area contributed by atoms with Crippen LogP contribution in [-0.4, -0.2) is 37.1 Å². The summed E-state index contributed by atoms with van der Waals surface area (Å²) in [6, 6.07) is 0.845. The second-order valence-electron chi connectivity index (χ2n) is 3.69. The SMILES string of the molecule is CNC1(C2CCN2C)CC1. The number of nitrogens with zero attached hydrogens (tertiary/aromatic N) is 1. The third-order valence-electron chi connectivity index (χ3n) is 3.21. The van der Waals surface area contributed by atoms with Gasteiger partial charge in [-0.1, -0.05) is 0 Å². The summed E-state index contributed by atoms with van der Waals surface area (Å²) in [7, 11) is 4.32. The lowest BCUT2D eigenvalue weighted by molar-refractivity contribution is 0.0825. The molecule has 2 rings (SSSR count). The summed E-state index contributed by atoms with van der Waals surface area (Å²) < 4.78 is 0. The molecule has 0 aromatic heterocycles. The monoisotopic (exact) mass is 140 g/mol. The van der Waals surface area contributed by atoms with Crippen LogP contribution >= 0.6 is 0 Å². The van der Waals surface area contributed by atoms with E-state index in [2.05, 4.69) is 24.3 Å². The highest BCUT2D eigenvalue weighted by molar-refractivity contribution is 5.12. The van der Waals surface area contributed by atoms with Gasteiger partial charge < -0.3 is 10.2 Å². The molecule has 1 N–H and O–H groups in total. The van der Waals surface area contributed by atoms with E-state index in [1.165, 1.54) is 25.8 Å². The minimum Gasteiger partial charge on any atom is -0.313 e. The highest BCUT2D eigenvalue weighted by Gasteiger charge is 2.52. The van der Waals surface area contributed by atoms with Gasteiger partial charge in [0.1, 0.15) is 0 Å². The molecule has 1 heterocycles. The summed E-state index contributed by atoms with van der Waals surface area (Å²) >= 11 is 0. The largest absolute Gasteiger partial charge is 0.313 e. The molecule has 1 atom stereocenters. The Bertz CT molecular complexity index is 140.